The summed E-state index contributed by atoms with van der Waals surface area (Å²) in [6.07, 6.45) is 1.50. The normalized spacial score (nSPS) is 11.0. The lowest BCUT2D eigenvalue weighted by molar-refractivity contribution is -0.112. The van der Waals surface area contributed by atoms with Gasteiger partial charge in [0.2, 0.25) is 0 Å². The number of amides is 1. The number of rotatable bonds is 10. The summed E-state index contributed by atoms with van der Waals surface area (Å²) >= 11 is 20.2. The minimum Gasteiger partial charge on any atom is -0.493 e. The van der Waals surface area contributed by atoms with Crippen LogP contribution in [0.15, 0.2) is 84.4 Å². The van der Waals surface area contributed by atoms with Crippen molar-refractivity contribution in [3.05, 3.63) is 120 Å². The van der Waals surface area contributed by atoms with E-state index in [-0.39, 0.29) is 12.2 Å². The molecule has 0 fully saturated rings. The molecule has 41 heavy (non-hydrogen) atoms. The van der Waals surface area contributed by atoms with E-state index < -0.39 is 5.91 Å². The topological polar surface area (TPSA) is 80.6 Å². The Morgan fingerprint density at radius 2 is 1.63 bits per heavy atom. The quantitative estimate of drug-likeness (QED) is 0.101. The average molecular weight is 720 g/mol. The Hall–Kier alpha value is -3.42. The molecule has 0 heterocycles. The zero-order valence-electron chi connectivity index (χ0n) is 21.6. The van der Waals surface area contributed by atoms with E-state index in [4.69, 9.17) is 49.0 Å². The molecule has 0 radical (unpaired) electrons. The van der Waals surface area contributed by atoms with Crippen LogP contribution >= 0.6 is 57.4 Å². The number of hydrogen-bond donors (Lipinski definition) is 1. The van der Waals surface area contributed by atoms with Gasteiger partial charge in [0.1, 0.15) is 30.6 Å². The predicted molar refractivity (Wildman–Crippen MR) is 171 cm³/mol. The van der Waals surface area contributed by atoms with Crippen molar-refractivity contribution in [1.29, 1.82) is 5.26 Å². The molecule has 0 saturated heterocycles. The Balaban J connectivity index is 1.41. The largest absolute Gasteiger partial charge is 0.493 e. The van der Waals surface area contributed by atoms with Crippen molar-refractivity contribution in [2.45, 2.75) is 13.2 Å². The first-order valence-corrected chi connectivity index (χ1v) is 14.3. The molecule has 208 valence electrons. The molecule has 0 aliphatic carbocycles. The first-order valence-electron chi connectivity index (χ1n) is 12.1. The standard InChI is InChI=1S/C31H22Cl3IN2O4/c1-39-29-14-20(13-28(35)30(29)41-17-19-2-5-23(32)6-3-19)12-22(16-36)31(38)37-25-8-10-26(11-9-25)40-18-21-4-7-24(33)15-27(21)34/h2-15H,17-18H2,1H3,(H,37,38)/b22-12+. The molecular formula is C31H22Cl3IN2O4. The number of halogens is 4. The molecule has 0 bridgehead atoms. The van der Waals surface area contributed by atoms with Crippen LogP contribution in [0, 0.1) is 14.9 Å². The highest BCUT2D eigenvalue weighted by Gasteiger charge is 2.15. The lowest BCUT2D eigenvalue weighted by Crippen LogP contribution is -2.13. The summed E-state index contributed by atoms with van der Waals surface area (Å²) in [6.45, 7) is 0.583. The van der Waals surface area contributed by atoms with E-state index in [1.165, 1.54) is 13.2 Å². The number of nitrogens with zero attached hydrogens (tertiary/aromatic N) is 1. The van der Waals surface area contributed by atoms with Crippen LogP contribution < -0.4 is 19.5 Å². The number of hydrogen-bond acceptors (Lipinski definition) is 5. The smallest absolute Gasteiger partial charge is 0.266 e. The Morgan fingerprint density at radius 1 is 0.927 bits per heavy atom. The minimum absolute atomic E-state index is 0.0737. The first kappa shape index (κ1) is 30.5. The van der Waals surface area contributed by atoms with Gasteiger partial charge in [-0.15, -0.1) is 0 Å². The number of anilines is 1. The van der Waals surface area contributed by atoms with Crippen LogP contribution in [0.3, 0.4) is 0 Å². The minimum atomic E-state index is -0.550. The maximum atomic E-state index is 12.9. The Kier molecular flexibility index (Phi) is 10.8. The van der Waals surface area contributed by atoms with Crippen molar-refractivity contribution in [1.82, 2.24) is 0 Å². The molecule has 6 nitrogen and oxygen atoms in total. The number of nitriles is 1. The molecule has 0 saturated carbocycles. The SMILES string of the molecule is COc1cc(/C=C(\C#N)C(=O)Nc2ccc(OCc3ccc(Cl)cc3Cl)cc2)cc(I)c1OCc1ccc(Cl)cc1. The summed E-state index contributed by atoms with van der Waals surface area (Å²) in [5, 5.41) is 14.1. The lowest BCUT2D eigenvalue weighted by atomic mass is 10.1. The molecule has 0 aromatic heterocycles. The second kappa shape index (κ2) is 14.5. The molecular weight excluding hydrogens is 698 g/mol. The molecule has 4 aromatic carbocycles. The van der Waals surface area contributed by atoms with Crippen molar-refractivity contribution < 1.29 is 19.0 Å². The fourth-order valence-electron chi connectivity index (χ4n) is 3.65. The number of carbonyl (C=O) groups excluding carboxylic acids is 1. The van der Waals surface area contributed by atoms with Gasteiger partial charge in [-0.05, 0) is 100 Å². The van der Waals surface area contributed by atoms with Gasteiger partial charge in [-0.1, -0.05) is 53.0 Å². The van der Waals surface area contributed by atoms with Gasteiger partial charge >= 0.3 is 0 Å². The third-order valence-corrected chi connectivity index (χ3v) is 7.39. The third-order valence-electron chi connectivity index (χ3n) is 5.75. The van der Waals surface area contributed by atoms with Gasteiger partial charge in [0, 0.05) is 26.3 Å². The third kappa shape index (κ3) is 8.54. The molecule has 0 aliphatic heterocycles. The van der Waals surface area contributed by atoms with E-state index in [1.807, 2.05) is 24.3 Å². The van der Waals surface area contributed by atoms with Crippen molar-refractivity contribution in [2.75, 3.05) is 12.4 Å². The maximum Gasteiger partial charge on any atom is 0.266 e. The zero-order chi connectivity index (χ0) is 29.4. The van der Waals surface area contributed by atoms with E-state index in [2.05, 4.69) is 27.9 Å². The van der Waals surface area contributed by atoms with Crippen molar-refractivity contribution in [3.63, 3.8) is 0 Å². The molecule has 0 atom stereocenters. The van der Waals surface area contributed by atoms with Crippen LogP contribution in [0.5, 0.6) is 17.2 Å². The average Bonchev–Trinajstić information content (AvgIpc) is 2.96. The summed E-state index contributed by atoms with van der Waals surface area (Å²) in [7, 11) is 1.53. The molecule has 1 N–H and O–H groups in total. The van der Waals surface area contributed by atoms with Crippen LogP contribution in [-0.2, 0) is 18.0 Å². The van der Waals surface area contributed by atoms with E-state index in [9.17, 15) is 10.1 Å². The number of methoxy groups -OCH3 is 1. The number of ether oxygens (including phenoxy) is 3. The number of carbonyl (C=O) groups is 1. The van der Waals surface area contributed by atoms with Crippen molar-refractivity contribution in [2.24, 2.45) is 0 Å². The molecule has 0 aliphatic rings. The number of benzene rings is 4. The Labute approximate surface area is 266 Å². The fourth-order valence-corrected chi connectivity index (χ4v) is 5.02. The van der Waals surface area contributed by atoms with E-state index in [0.717, 1.165) is 14.7 Å². The fraction of sp³-hybridized carbons (Fsp3) is 0.0968. The van der Waals surface area contributed by atoms with Crippen LogP contribution in [0.4, 0.5) is 5.69 Å². The highest BCUT2D eigenvalue weighted by atomic mass is 127. The van der Waals surface area contributed by atoms with Gasteiger partial charge in [0.05, 0.1) is 10.7 Å². The van der Waals surface area contributed by atoms with Gasteiger partial charge in [0.25, 0.3) is 5.91 Å². The van der Waals surface area contributed by atoms with Gasteiger partial charge in [-0.25, -0.2) is 0 Å². The zero-order valence-corrected chi connectivity index (χ0v) is 26.0. The van der Waals surface area contributed by atoms with Gasteiger partial charge < -0.3 is 19.5 Å². The molecule has 0 unspecified atom stereocenters. The van der Waals surface area contributed by atoms with Crippen LogP contribution in [0.1, 0.15) is 16.7 Å². The lowest BCUT2D eigenvalue weighted by Gasteiger charge is -2.14. The Morgan fingerprint density at radius 3 is 2.29 bits per heavy atom. The van der Waals surface area contributed by atoms with E-state index >= 15 is 0 Å². The summed E-state index contributed by atoms with van der Waals surface area (Å²) in [6, 6.07) is 24.8. The maximum absolute atomic E-state index is 12.9. The van der Waals surface area contributed by atoms with E-state index in [0.29, 0.717) is 50.2 Å². The molecule has 10 heteroatoms. The summed E-state index contributed by atoms with van der Waals surface area (Å²) in [5.74, 6) is 1.07. The van der Waals surface area contributed by atoms with Crippen LogP contribution in [-0.4, -0.2) is 13.0 Å². The van der Waals surface area contributed by atoms with Crippen molar-refractivity contribution in [3.8, 4) is 23.3 Å². The molecule has 1 amide bonds. The second-order valence-corrected chi connectivity index (χ2v) is 11.1. The Bertz CT molecular complexity index is 1620. The molecule has 4 rings (SSSR count). The predicted octanol–water partition coefficient (Wildman–Crippen LogP) is 8.96. The van der Waals surface area contributed by atoms with E-state index in [1.54, 1.807) is 60.7 Å². The highest BCUT2D eigenvalue weighted by molar-refractivity contribution is 14.1. The first-order chi connectivity index (χ1) is 19.7. The number of nitrogens with one attached hydrogen (secondary N) is 1. The summed E-state index contributed by atoms with van der Waals surface area (Å²) in [5.41, 5.74) is 2.79. The molecule has 0 spiro atoms. The summed E-state index contributed by atoms with van der Waals surface area (Å²) in [4.78, 5) is 12.9. The van der Waals surface area contributed by atoms with Crippen LogP contribution in [0.2, 0.25) is 15.1 Å². The molecule has 4 aromatic rings. The monoisotopic (exact) mass is 718 g/mol. The summed E-state index contributed by atoms with van der Waals surface area (Å²) < 4.78 is 18.1. The van der Waals surface area contributed by atoms with Gasteiger partial charge in [-0.3, -0.25) is 4.79 Å². The van der Waals surface area contributed by atoms with Crippen molar-refractivity contribution >= 4 is 75.1 Å². The highest BCUT2D eigenvalue weighted by Crippen LogP contribution is 2.35. The van der Waals surface area contributed by atoms with Gasteiger partial charge in [-0.2, -0.15) is 5.26 Å². The van der Waals surface area contributed by atoms with Gasteiger partial charge in [0.15, 0.2) is 11.5 Å². The van der Waals surface area contributed by atoms with Crippen LogP contribution in [0.25, 0.3) is 6.08 Å². The second-order valence-electron chi connectivity index (χ2n) is 8.62.